The molecule has 33 heavy (non-hydrogen) atoms. The van der Waals surface area contributed by atoms with Crippen molar-refractivity contribution >= 4 is 35.2 Å². The Morgan fingerprint density at radius 2 is 1.94 bits per heavy atom. The molecule has 4 unspecified atom stereocenters. The van der Waals surface area contributed by atoms with Gasteiger partial charge in [0.1, 0.15) is 6.04 Å². The first kappa shape index (κ1) is 24.1. The zero-order valence-electron chi connectivity index (χ0n) is 19.8. The molecule has 3 aliphatic rings. The number of carbonyl (C=O) groups is 3. The molecule has 8 heteroatoms. The number of fused-ring (bicyclic) bond motifs is 1. The molecular formula is C25H35N3O4S. The smallest absolute Gasteiger partial charge is 0.244 e. The standard InChI is InChI=1S/C25H35N3O4S/c1-5-9-15(3)26-23(31)21-25-14(2)12-18(33-25)19(20(25)24(32)28(21)16(4)13-29)22(30)27-17-10-7-6-8-11-17/h6-8,10-11,14-16,18-21,29H,5,9,12-13H2,1-4H3,(H,26,31)(H,27,30)/t14?,15?,16-,18-,19+,20+,21?,25?/m1/s1. The van der Waals surface area contributed by atoms with E-state index in [0.717, 1.165) is 19.3 Å². The van der Waals surface area contributed by atoms with Gasteiger partial charge in [-0.15, -0.1) is 11.8 Å². The molecule has 1 aromatic carbocycles. The van der Waals surface area contributed by atoms with Gasteiger partial charge in [0.05, 0.1) is 29.2 Å². The number of aliphatic hydroxyl groups excluding tert-OH is 1. The highest BCUT2D eigenvalue weighted by atomic mass is 32.2. The minimum absolute atomic E-state index is 0.00424. The van der Waals surface area contributed by atoms with Crippen molar-refractivity contribution in [3.63, 3.8) is 0 Å². The second kappa shape index (κ2) is 9.29. The number of benzene rings is 1. The molecule has 0 aliphatic carbocycles. The van der Waals surface area contributed by atoms with Crippen LogP contribution >= 0.6 is 11.8 Å². The summed E-state index contributed by atoms with van der Waals surface area (Å²) in [5.41, 5.74) is 0.700. The zero-order valence-corrected chi connectivity index (χ0v) is 20.6. The monoisotopic (exact) mass is 473 g/mol. The van der Waals surface area contributed by atoms with E-state index in [1.54, 1.807) is 23.6 Å². The van der Waals surface area contributed by atoms with Crippen LogP contribution in [0.1, 0.15) is 47.0 Å². The molecule has 3 aliphatic heterocycles. The van der Waals surface area contributed by atoms with E-state index in [4.69, 9.17) is 0 Å². The fourth-order valence-electron chi connectivity index (χ4n) is 6.20. The first-order valence-corrected chi connectivity index (χ1v) is 12.9. The number of nitrogens with zero attached hydrogens (tertiary/aromatic N) is 1. The molecule has 8 atom stereocenters. The number of thioether (sulfide) groups is 1. The second-order valence-electron chi connectivity index (χ2n) is 9.88. The molecule has 0 radical (unpaired) electrons. The summed E-state index contributed by atoms with van der Waals surface area (Å²) in [4.78, 5) is 42.5. The second-order valence-corrected chi connectivity index (χ2v) is 11.4. The number of hydrogen-bond donors (Lipinski definition) is 3. The lowest BCUT2D eigenvalue weighted by Crippen LogP contribution is -2.59. The molecule has 3 saturated heterocycles. The van der Waals surface area contributed by atoms with Crippen molar-refractivity contribution in [3.05, 3.63) is 30.3 Å². The van der Waals surface area contributed by atoms with Crippen LogP contribution in [0.25, 0.3) is 0 Å². The molecule has 3 amide bonds. The Hall–Kier alpha value is -2.06. The SMILES string of the molecule is CCCC(C)NC(=O)C1N([C@H](C)CO)C(=O)[C@@H]2[C@@H](C(=O)Nc3ccccc3)[C@H]3CC(C)C12S3. The minimum atomic E-state index is -0.698. The number of anilines is 1. The number of amides is 3. The van der Waals surface area contributed by atoms with Gasteiger partial charge in [0.15, 0.2) is 0 Å². The Balaban J connectivity index is 1.70. The molecule has 1 aromatic rings. The number of hydrogen-bond acceptors (Lipinski definition) is 5. The van der Waals surface area contributed by atoms with Gasteiger partial charge in [-0.25, -0.2) is 0 Å². The summed E-state index contributed by atoms with van der Waals surface area (Å²) in [5, 5.41) is 16.0. The Kier molecular flexibility index (Phi) is 6.78. The van der Waals surface area contributed by atoms with Crippen LogP contribution in [0.15, 0.2) is 30.3 Å². The summed E-state index contributed by atoms with van der Waals surface area (Å²) in [6, 6.07) is 8.07. The third-order valence-electron chi connectivity index (χ3n) is 7.63. The van der Waals surface area contributed by atoms with Crippen LogP contribution in [0, 0.1) is 17.8 Å². The maximum Gasteiger partial charge on any atom is 0.244 e. The van der Waals surface area contributed by atoms with Gasteiger partial charge >= 0.3 is 0 Å². The molecule has 0 aromatic heterocycles. The van der Waals surface area contributed by atoms with Gasteiger partial charge in [0.25, 0.3) is 0 Å². The Morgan fingerprint density at radius 3 is 2.58 bits per heavy atom. The van der Waals surface area contributed by atoms with E-state index in [-0.39, 0.29) is 41.5 Å². The van der Waals surface area contributed by atoms with E-state index in [1.807, 2.05) is 37.3 Å². The molecule has 3 heterocycles. The van der Waals surface area contributed by atoms with Crippen LogP contribution in [-0.2, 0) is 14.4 Å². The fraction of sp³-hybridized carbons (Fsp3) is 0.640. The highest BCUT2D eigenvalue weighted by molar-refractivity contribution is 8.02. The van der Waals surface area contributed by atoms with E-state index >= 15 is 0 Å². The van der Waals surface area contributed by atoms with Crippen LogP contribution in [0.3, 0.4) is 0 Å². The molecule has 3 fully saturated rings. The predicted octanol–water partition coefficient (Wildman–Crippen LogP) is 2.65. The largest absolute Gasteiger partial charge is 0.394 e. The van der Waals surface area contributed by atoms with Gasteiger partial charge in [-0.3, -0.25) is 14.4 Å². The molecule has 180 valence electrons. The van der Waals surface area contributed by atoms with Gasteiger partial charge in [-0.1, -0.05) is 38.5 Å². The van der Waals surface area contributed by atoms with Crippen LogP contribution in [0.2, 0.25) is 0 Å². The summed E-state index contributed by atoms with van der Waals surface area (Å²) in [6.07, 6.45) is 2.59. The quantitative estimate of drug-likeness (QED) is 0.539. The molecule has 2 bridgehead atoms. The van der Waals surface area contributed by atoms with Crippen molar-refractivity contribution in [2.45, 2.75) is 75.1 Å². The van der Waals surface area contributed by atoms with Gasteiger partial charge in [0, 0.05) is 17.0 Å². The van der Waals surface area contributed by atoms with Crippen molar-refractivity contribution in [1.82, 2.24) is 10.2 Å². The first-order chi connectivity index (χ1) is 15.8. The zero-order chi connectivity index (χ0) is 23.9. The van der Waals surface area contributed by atoms with Crippen molar-refractivity contribution in [1.29, 1.82) is 0 Å². The van der Waals surface area contributed by atoms with Gasteiger partial charge in [0.2, 0.25) is 17.7 Å². The lowest BCUT2D eigenvalue weighted by atomic mass is 9.65. The fourth-order valence-corrected chi connectivity index (χ4v) is 8.60. The summed E-state index contributed by atoms with van der Waals surface area (Å²) < 4.78 is -0.667. The number of rotatable bonds is 8. The molecule has 4 rings (SSSR count). The molecule has 3 N–H and O–H groups in total. The maximum atomic E-state index is 13.9. The molecule has 7 nitrogen and oxygen atoms in total. The topological polar surface area (TPSA) is 98.7 Å². The van der Waals surface area contributed by atoms with Gasteiger partial charge in [-0.05, 0) is 44.7 Å². The lowest BCUT2D eigenvalue weighted by Gasteiger charge is -2.40. The Labute approximate surface area is 200 Å². The van der Waals surface area contributed by atoms with Gasteiger partial charge in [-0.2, -0.15) is 0 Å². The number of likely N-dealkylation sites (tertiary alicyclic amines) is 1. The number of nitrogens with one attached hydrogen (secondary N) is 2. The minimum Gasteiger partial charge on any atom is -0.394 e. The number of para-hydroxylation sites is 1. The molecule has 1 spiro atoms. The van der Waals surface area contributed by atoms with Crippen LogP contribution in [0.4, 0.5) is 5.69 Å². The summed E-state index contributed by atoms with van der Waals surface area (Å²) in [6.45, 7) is 7.69. The van der Waals surface area contributed by atoms with Crippen molar-refractivity contribution in [2.24, 2.45) is 17.8 Å². The van der Waals surface area contributed by atoms with E-state index in [9.17, 15) is 19.5 Å². The third kappa shape index (κ3) is 3.85. The normalized spacial score (nSPS) is 34.2. The van der Waals surface area contributed by atoms with Gasteiger partial charge < -0.3 is 20.6 Å². The van der Waals surface area contributed by atoms with E-state index < -0.39 is 28.7 Å². The van der Waals surface area contributed by atoms with E-state index in [1.165, 1.54) is 0 Å². The van der Waals surface area contributed by atoms with Crippen LogP contribution < -0.4 is 10.6 Å². The van der Waals surface area contributed by atoms with Crippen molar-refractivity contribution in [2.75, 3.05) is 11.9 Å². The van der Waals surface area contributed by atoms with Crippen LogP contribution in [-0.4, -0.2) is 62.5 Å². The highest BCUT2D eigenvalue weighted by Crippen LogP contribution is 2.68. The lowest BCUT2D eigenvalue weighted by molar-refractivity contribution is -0.141. The predicted molar refractivity (Wildman–Crippen MR) is 130 cm³/mol. The summed E-state index contributed by atoms with van der Waals surface area (Å²) in [7, 11) is 0. The van der Waals surface area contributed by atoms with E-state index in [2.05, 4.69) is 24.5 Å². The average molecular weight is 474 g/mol. The Morgan fingerprint density at radius 1 is 1.24 bits per heavy atom. The van der Waals surface area contributed by atoms with E-state index in [0.29, 0.717) is 5.69 Å². The van der Waals surface area contributed by atoms with Crippen molar-refractivity contribution < 1.29 is 19.5 Å². The number of aliphatic hydroxyl groups is 1. The first-order valence-electron chi connectivity index (χ1n) is 12.0. The number of carbonyl (C=O) groups excluding carboxylic acids is 3. The summed E-state index contributed by atoms with van der Waals surface area (Å²) in [5.74, 6) is -1.49. The maximum absolute atomic E-state index is 13.9. The highest BCUT2D eigenvalue weighted by Gasteiger charge is 2.76. The average Bonchev–Trinajstić information content (AvgIpc) is 3.37. The molecule has 0 saturated carbocycles. The van der Waals surface area contributed by atoms with Crippen molar-refractivity contribution in [3.8, 4) is 0 Å². The van der Waals surface area contributed by atoms with Crippen LogP contribution in [0.5, 0.6) is 0 Å². The molecular weight excluding hydrogens is 438 g/mol. The Bertz CT molecular complexity index is 912. The third-order valence-corrected chi connectivity index (χ3v) is 9.70. The summed E-state index contributed by atoms with van der Waals surface area (Å²) >= 11 is 1.65.